The van der Waals surface area contributed by atoms with Gasteiger partial charge in [-0.2, -0.15) is 0 Å². The third kappa shape index (κ3) is 3.30. The van der Waals surface area contributed by atoms with Gasteiger partial charge in [0, 0.05) is 17.7 Å². The molecule has 2 aliphatic heterocycles. The van der Waals surface area contributed by atoms with Crippen LogP contribution < -0.4 is 11.1 Å². The molecule has 6 heteroatoms. The predicted octanol–water partition coefficient (Wildman–Crippen LogP) is 2.78. The van der Waals surface area contributed by atoms with Gasteiger partial charge < -0.3 is 16.0 Å². The monoisotopic (exact) mass is 362 g/mol. The van der Waals surface area contributed by atoms with Gasteiger partial charge in [0.25, 0.3) is 5.91 Å². The number of nitrogens with zero attached hydrogens (tertiary/aromatic N) is 2. The van der Waals surface area contributed by atoms with E-state index in [4.69, 9.17) is 10.7 Å². The molecule has 4 rings (SSSR count). The Balaban J connectivity index is 1.83. The lowest BCUT2D eigenvalue weighted by Gasteiger charge is -2.37. The number of hydrogen-bond acceptors (Lipinski definition) is 3. The highest BCUT2D eigenvalue weighted by Crippen LogP contribution is 2.28. The van der Waals surface area contributed by atoms with Crippen LogP contribution in [0.2, 0.25) is 0 Å². The Kier molecular flexibility index (Phi) is 4.62. The van der Waals surface area contributed by atoms with Gasteiger partial charge in [-0.25, -0.2) is 4.79 Å². The minimum absolute atomic E-state index is 0.202. The second-order valence-electron chi connectivity index (χ2n) is 6.92. The number of rotatable bonds is 2. The number of nitrogens with two attached hydrogens (primary N) is 1. The number of anilines is 1. The lowest BCUT2D eigenvalue weighted by Crippen LogP contribution is -2.54. The van der Waals surface area contributed by atoms with Crippen LogP contribution in [-0.2, 0) is 4.79 Å². The molecule has 2 aromatic carbocycles. The van der Waals surface area contributed by atoms with Gasteiger partial charge in [0.05, 0.1) is 17.4 Å². The summed E-state index contributed by atoms with van der Waals surface area (Å²) < 4.78 is 0. The normalized spacial score (nSPS) is 22.3. The summed E-state index contributed by atoms with van der Waals surface area (Å²) in [6.07, 6.45) is 2.55. The van der Waals surface area contributed by atoms with E-state index in [0.29, 0.717) is 13.0 Å². The summed E-state index contributed by atoms with van der Waals surface area (Å²) in [4.78, 5) is 31.4. The van der Waals surface area contributed by atoms with Crippen LogP contribution in [0.25, 0.3) is 0 Å². The second kappa shape index (κ2) is 7.23. The van der Waals surface area contributed by atoms with Crippen molar-refractivity contribution in [1.29, 1.82) is 0 Å². The maximum Gasteiger partial charge on any atom is 0.315 e. The van der Waals surface area contributed by atoms with Gasteiger partial charge in [-0.3, -0.25) is 9.79 Å². The highest BCUT2D eigenvalue weighted by atomic mass is 16.2. The Labute approximate surface area is 158 Å². The van der Waals surface area contributed by atoms with E-state index in [1.807, 2.05) is 54.6 Å². The van der Waals surface area contributed by atoms with Crippen molar-refractivity contribution >= 4 is 23.3 Å². The maximum absolute atomic E-state index is 13.0. The molecule has 138 valence electrons. The fourth-order valence-electron chi connectivity index (χ4n) is 3.92. The Morgan fingerprint density at radius 1 is 1.07 bits per heavy atom. The van der Waals surface area contributed by atoms with Gasteiger partial charge in [0.15, 0.2) is 0 Å². The lowest BCUT2D eigenvalue weighted by molar-refractivity contribution is -0.118. The average molecular weight is 362 g/mol. The maximum atomic E-state index is 13.0. The molecule has 0 spiro atoms. The van der Waals surface area contributed by atoms with Crippen molar-refractivity contribution in [2.75, 3.05) is 11.9 Å². The number of benzene rings is 2. The Morgan fingerprint density at radius 2 is 1.81 bits per heavy atom. The highest BCUT2D eigenvalue weighted by molar-refractivity contribution is 6.19. The number of para-hydroxylation sites is 1. The molecule has 3 amide bonds. The first kappa shape index (κ1) is 17.3. The zero-order valence-corrected chi connectivity index (χ0v) is 15.0. The van der Waals surface area contributed by atoms with Crippen LogP contribution in [-0.4, -0.2) is 41.2 Å². The van der Waals surface area contributed by atoms with Crippen LogP contribution in [0.1, 0.15) is 30.4 Å². The van der Waals surface area contributed by atoms with E-state index in [1.54, 1.807) is 4.90 Å². The molecule has 2 aromatic rings. The zero-order chi connectivity index (χ0) is 18.8. The molecule has 0 saturated carbocycles. The van der Waals surface area contributed by atoms with Crippen molar-refractivity contribution < 1.29 is 9.59 Å². The molecule has 0 bridgehead atoms. The van der Waals surface area contributed by atoms with E-state index in [9.17, 15) is 9.59 Å². The number of carbonyl (C=O) groups excluding carboxylic acids is 2. The third-order valence-corrected chi connectivity index (χ3v) is 5.22. The molecule has 2 aliphatic rings. The van der Waals surface area contributed by atoms with Crippen LogP contribution in [0, 0.1) is 0 Å². The van der Waals surface area contributed by atoms with Crippen molar-refractivity contribution in [3.63, 3.8) is 0 Å². The average Bonchev–Trinajstić information content (AvgIpc) is 2.84. The van der Waals surface area contributed by atoms with Crippen LogP contribution in [0.4, 0.5) is 10.5 Å². The smallest absolute Gasteiger partial charge is 0.315 e. The standard InChI is InChI=1S/C21H22N4O2/c22-21(27)25-13-7-6-12-17(25)19-20(26)23-16-11-5-4-10-15(16)18(24-19)14-8-2-1-3-9-14/h1-5,8-11,17,19H,6-7,12-13H2,(H2,22,27)(H,23,26). The molecular weight excluding hydrogens is 340 g/mol. The van der Waals surface area contributed by atoms with Crippen LogP contribution in [0.3, 0.4) is 0 Å². The molecule has 1 saturated heterocycles. The van der Waals surface area contributed by atoms with Crippen molar-refractivity contribution in [2.45, 2.75) is 31.3 Å². The number of urea groups is 1. The quantitative estimate of drug-likeness (QED) is 0.860. The van der Waals surface area contributed by atoms with Gasteiger partial charge in [-0.05, 0) is 25.3 Å². The summed E-state index contributed by atoms with van der Waals surface area (Å²) in [5, 5.41) is 3.00. The first-order valence-electron chi connectivity index (χ1n) is 9.25. The van der Waals surface area contributed by atoms with Crippen molar-refractivity contribution in [2.24, 2.45) is 10.7 Å². The van der Waals surface area contributed by atoms with Crippen molar-refractivity contribution in [3.8, 4) is 0 Å². The Hall–Kier alpha value is -3.15. The number of fused-ring (bicyclic) bond motifs is 1. The van der Waals surface area contributed by atoms with E-state index >= 15 is 0 Å². The third-order valence-electron chi connectivity index (χ3n) is 5.22. The number of amides is 3. The second-order valence-corrected chi connectivity index (χ2v) is 6.92. The van der Waals surface area contributed by atoms with Gasteiger partial charge >= 0.3 is 6.03 Å². The number of likely N-dealkylation sites (tertiary alicyclic amines) is 1. The van der Waals surface area contributed by atoms with Gasteiger partial charge in [-0.1, -0.05) is 48.5 Å². The summed E-state index contributed by atoms with van der Waals surface area (Å²) in [5.74, 6) is -0.202. The molecule has 2 atom stereocenters. The minimum atomic E-state index is -0.694. The van der Waals surface area contributed by atoms with E-state index < -0.39 is 12.1 Å². The highest BCUT2D eigenvalue weighted by Gasteiger charge is 2.38. The van der Waals surface area contributed by atoms with Gasteiger partial charge in [0.1, 0.15) is 6.04 Å². The van der Waals surface area contributed by atoms with Gasteiger partial charge in [0.2, 0.25) is 0 Å². The molecule has 2 heterocycles. The minimum Gasteiger partial charge on any atom is -0.351 e. The number of carbonyl (C=O) groups is 2. The van der Waals surface area contributed by atoms with E-state index in [-0.39, 0.29) is 11.9 Å². The fourth-order valence-corrected chi connectivity index (χ4v) is 3.92. The first-order valence-corrected chi connectivity index (χ1v) is 9.25. The van der Waals surface area contributed by atoms with E-state index in [0.717, 1.165) is 35.4 Å². The number of nitrogens with one attached hydrogen (secondary N) is 1. The molecule has 3 N–H and O–H groups in total. The van der Waals surface area contributed by atoms with E-state index in [2.05, 4.69) is 5.32 Å². The van der Waals surface area contributed by atoms with Crippen LogP contribution >= 0.6 is 0 Å². The zero-order valence-electron chi connectivity index (χ0n) is 15.0. The summed E-state index contributed by atoms with van der Waals surface area (Å²) in [6, 6.07) is 15.9. The summed E-state index contributed by atoms with van der Waals surface area (Å²) in [7, 11) is 0. The molecule has 2 unspecified atom stereocenters. The van der Waals surface area contributed by atoms with Crippen molar-refractivity contribution in [3.05, 3.63) is 65.7 Å². The number of piperidine rings is 1. The Bertz CT molecular complexity index is 894. The molecule has 0 aromatic heterocycles. The molecular formula is C21H22N4O2. The summed E-state index contributed by atoms with van der Waals surface area (Å²) in [6.45, 7) is 0.562. The number of primary amides is 1. The molecule has 0 radical (unpaired) electrons. The molecule has 6 nitrogen and oxygen atoms in total. The SMILES string of the molecule is NC(=O)N1CCCCC1C1N=C(c2ccccc2)c2ccccc2NC1=O. The topological polar surface area (TPSA) is 87.8 Å². The first-order chi connectivity index (χ1) is 13.1. The van der Waals surface area contributed by atoms with Crippen LogP contribution in [0.5, 0.6) is 0 Å². The van der Waals surface area contributed by atoms with Crippen molar-refractivity contribution in [1.82, 2.24) is 4.90 Å². The predicted molar refractivity (Wildman–Crippen MR) is 105 cm³/mol. The molecule has 27 heavy (non-hydrogen) atoms. The molecule has 1 fully saturated rings. The fraction of sp³-hybridized carbons (Fsp3) is 0.286. The van der Waals surface area contributed by atoms with Gasteiger partial charge in [-0.15, -0.1) is 0 Å². The Morgan fingerprint density at radius 3 is 2.59 bits per heavy atom. The number of benzodiazepines with no additional fused rings is 1. The van der Waals surface area contributed by atoms with Crippen LogP contribution in [0.15, 0.2) is 59.6 Å². The summed E-state index contributed by atoms with van der Waals surface area (Å²) >= 11 is 0. The van der Waals surface area contributed by atoms with E-state index in [1.165, 1.54) is 0 Å². The number of hydrogen-bond donors (Lipinski definition) is 2. The largest absolute Gasteiger partial charge is 0.351 e. The summed E-state index contributed by atoms with van der Waals surface area (Å²) in [5.41, 5.74) is 8.88. The molecule has 0 aliphatic carbocycles. The lowest BCUT2D eigenvalue weighted by atomic mass is 9.95. The number of aliphatic imine (C=N–C) groups is 1.